The Bertz CT molecular complexity index is 534. The van der Waals surface area contributed by atoms with Crippen LogP contribution in [0, 0.1) is 0 Å². The molecule has 0 fully saturated rings. The van der Waals surface area contributed by atoms with Crippen LogP contribution in [-0.2, 0) is 11.2 Å². The smallest absolute Gasteiger partial charge is 0.303 e. The summed E-state index contributed by atoms with van der Waals surface area (Å²) in [6.45, 7) is 0. The number of aliphatic carboxylic acids is 1. The third-order valence-electron chi connectivity index (χ3n) is 2.46. The van der Waals surface area contributed by atoms with E-state index in [1.54, 1.807) is 7.11 Å². The number of H-pyrrole nitrogens is 1. The van der Waals surface area contributed by atoms with Crippen LogP contribution in [0.3, 0.4) is 0 Å². The van der Waals surface area contributed by atoms with Crippen molar-refractivity contribution in [1.82, 2.24) is 15.2 Å². The Morgan fingerprint density at radius 1 is 1.39 bits per heavy atom. The molecule has 2 aromatic rings. The molecule has 0 saturated carbocycles. The summed E-state index contributed by atoms with van der Waals surface area (Å²) in [5, 5.41) is 15.4. The Balaban J connectivity index is 2.10. The van der Waals surface area contributed by atoms with E-state index < -0.39 is 5.97 Å². The van der Waals surface area contributed by atoms with Gasteiger partial charge in [-0.25, -0.2) is 4.98 Å². The highest BCUT2D eigenvalue weighted by molar-refractivity contribution is 5.67. The maximum absolute atomic E-state index is 10.4. The molecule has 0 saturated heterocycles. The molecule has 6 nitrogen and oxygen atoms in total. The molecule has 0 atom stereocenters. The maximum atomic E-state index is 10.4. The van der Waals surface area contributed by atoms with Gasteiger partial charge < -0.3 is 9.84 Å². The topological polar surface area (TPSA) is 88.1 Å². The van der Waals surface area contributed by atoms with Crippen LogP contribution in [0.2, 0.25) is 0 Å². The highest BCUT2D eigenvalue weighted by Crippen LogP contribution is 2.19. The molecule has 6 heteroatoms. The molecule has 1 aromatic carbocycles. The highest BCUT2D eigenvalue weighted by atomic mass is 16.5. The highest BCUT2D eigenvalue weighted by Gasteiger charge is 2.07. The van der Waals surface area contributed by atoms with Gasteiger partial charge in [0.1, 0.15) is 11.6 Å². The van der Waals surface area contributed by atoms with Crippen molar-refractivity contribution in [3.8, 4) is 17.1 Å². The second-order valence-electron chi connectivity index (χ2n) is 3.73. The monoisotopic (exact) mass is 247 g/mol. The number of aromatic amines is 1. The van der Waals surface area contributed by atoms with E-state index >= 15 is 0 Å². The maximum Gasteiger partial charge on any atom is 0.303 e. The molecule has 0 amide bonds. The van der Waals surface area contributed by atoms with E-state index in [4.69, 9.17) is 9.84 Å². The first-order valence-corrected chi connectivity index (χ1v) is 5.46. The second kappa shape index (κ2) is 5.31. The van der Waals surface area contributed by atoms with Gasteiger partial charge in [0.05, 0.1) is 13.5 Å². The van der Waals surface area contributed by atoms with Gasteiger partial charge in [-0.2, -0.15) is 5.10 Å². The van der Waals surface area contributed by atoms with Gasteiger partial charge in [-0.15, -0.1) is 0 Å². The zero-order valence-corrected chi connectivity index (χ0v) is 9.88. The normalized spacial score (nSPS) is 10.3. The summed E-state index contributed by atoms with van der Waals surface area (Å²) in [5.74, 6) is 1.04. The Labute approximate surface area is 104 Å². The molecule has 0 radical (unpaired) electrons. The van der Waals surface area contributed by atoms with Crippen molar-refractivity contribution < 1.29 is 14.6 Å². The minimum Gasteiger partial charge on any atom is -0.497 e. The largest absolute Gasteiger partial charge is 0.497 e. The minimum atomic E-state index is -0.850. The Hall–Kier alpha value is -2.37. The number of carboxylic acids is 1. The van der Waals surface area contributed by atoms with Gasteiger partial charge in [-0.3, -0.25) is 9.89 Å². The van der Waals surface area contributed by atoms with Crippen molar-refractivity contribution in [2.45, 2.75) is 12.8 Å². The SMILES string of the molecule is COc1ccc(-c2n[nH]c(CCC(=O)O)n2)cc1. The molecule has 18 heavy (non-hydrogen) atoms. The number of methoxy groups -OCH3 is 1. The lowest BCUT2D eigenvalue weighted by molar-refractivity contribution is -0.137. The third kappa shape index (κ3) is 2.85. The van der Waals surface area contributed by atoms with Crippen LogP contribution in [0.5, 0.6) is 5.75 Å². The number of nitrogens with one attached hydrogen (secondary N) is 1. The first-order chi connectivity index (χ1) is 8.69. The van der Waals surface area contributed by atoms with E-state index in [9.17, 15) is 4.79 Å². The lowest BCUT2D eigenvalue weighted by Crippen LogP contribution is -1.98. The van der Waals surface area contributed by atoms with Gasteiger partial charge in [-0.1, -0.05) is 0 Å². The molecule has 0 aliphatic carbocycles. The number of carboxylic acid groups (broad SMARTS) is 1. The van der Waals surface area contributed by atoms with Gasteiger partial charge in [0, 0.05) is 12.0 Å². The fourth-order valence-electron chi connectivity index (χ4n) is 1.50. The standard InChI is InChI=1S/C12H13N3O3/c1-18-9-4-2-8(3-5-9)12-13-10(14-15-12)6-7-11(16)17/h2-5H,6-7H2,1H3,(H,16,17)(H,13,14,15). The number of hydrogen-bond acceptors (Lipinski definition) is 4. The first-order valence-electron chi connectivity index (χ1n) is 5.46. The summed E-state index contributed by atoms with van der Waals surface area (Å²) >= 11 is 0. The predicted molar refractivity (Wildman–Crippen MR) is 64.3 cm³/mol. The molecule has 94 valence electrons. The van der Waals surface area contributed by atoms with Crippen molar-refractivity contribution in [2.24, 2.45) is 0 Å². The molecule has 1 heterocycles. The van der Waals surface area contributed by atoms with Crippen molar-refractivity contribution in [2.75, 3.05) is 7.11 Å². The zero-order chi connectivity index (χ0) is 13.0. The minimum absolute atomic E-state index is 0.0389. The summed E-state index contributed by atoms with van der Waals surface area (Å²) in [6.07, 6.45) is 0.385. The van der Waals surface area contributed by atoms with Gasteiger partial charge in [0.2, 0.25) is 0 Å². The van der Waals surface area contributed by atoms with Gasteiger partial charge in [-0.05, 0) is 24.3 Å². The molecular weight excluding hydrogens is 234 g/mol. The van der Waals surface area contributed by atoms with E-state index in [1.165, 1.54) is 0 Å². The molecule has 0 bridgehead atoms. The van der Waals surface area contributed by atoms with Crippen LogP contribution in [0.15, 0.2) is 24.3 Å². The molecule has 0 spiro atoms. The van der Waals surface area contributed by atoms with Crippen LogP contribution in [0.1, 0.15) is 12.2 Å². The number of hydrogen-bond donors (Lipinski definition) is 2. The summed E-state index contributed by atoms with van der Waals surface area (Å²) in [4.78, 5) is 14.7. The third-order valence-corrected chi connectivity index (χ3v) is 2.46. The van der Waals surface area contributed by atoms with Gasteiger partial charge >= 0.3 is 5.97 Å². The second-order valence-corrected chi connectivity index (χ2v) is 3.73. The number of ether oxygens (including phenoxy) is 1. The molecule has 2 N–H and O–H groups in total. The fourth-order valence-corrected chi connectivity index (χ4v) is 1.50. The van der Waals surface area contributed by atoms with Crippen LogP contribution in [0.25, 0.3) is 11.4 Å². The van der Waals surface area contributed by atoms with Gasteiger partial charge in [0.25, 0.3) is 0 Å². The fraction of sp³-hybridized carbons (Fsp3) is 0.250. The number of aryl methyl sites for hydroxylation is 1. The quantitative estimate of drug-likeness (QED) is 0.835. The van der Waals surface area contributed by atoms with E-state index in [0.717, 1.165) is 11.3 Å². The van der Waals surface area contributed by atoms with E-state index in [1.807, 2.05) is 24.3 Å². The van der Waals surface area contributed by atoms with Crippen molar-refractivity contribution >= 4 is 5.97 Å². The van der Waals surface area contributed by atoms with Crippen LogP contribution >= 0.6 is 0 Å². The molecular formula is C12H13N3O3. The van der Waals surface area contributed by atoms with Crippen LogP contribution in [-0.4, -0.2) is 33.4 Å². The number of carbonyl (C=O) groups is 1. The van der Waals surface area contributed by atoms with Crippen molar-refractivity contribution in [3.05, 3.63) is 30.1 Å². The molecule has 0 aliphatic heterocycles. The lowest BCUT2D eigenvalue weighted by Gasteiger charge is -1.99. The predicted octanol–water partition coefficient (Wildman–Crippen LogP) is 1.50. The zero-order valence-electron chi connectivity index (χ0n) is 9.88. The van der Waals surface area contributed by atoms with Crippen molar-refractivity contribution in [1.29, 1.82) is 0 Å². The molecule has 0 unspecified atom stereocenters. The Morgan fingerprint density at radius 3 is 2.72 bits per heavy atom. The van der Waals surface area contributed by atoms with Crippen LogP contribution in [0.4, 0.5) is 0 Å². The van der Waals surface area contributed by atoms with Crippen molar-refractivity contribution in [3.63, 3.8) is 0 Å². The van der Waals surface area contributed by atoms with Crippen LogP contribution < -0.4 is 4.74 Å². The van der Waals surface area contributed by atoms with E-state index in [-0.39, 0.29) is 6.42 Å². The average molecular weight is 247 g/mol. The average Bonchev–Trinajstić information content (AvgIpc) is 2.85. The lowest BCUT2D eigenvalue weighted by atomic mass is 10.2. The number of rotatable bonds is 5. The van der Waals surface area contributed by atoms with Gasteiger partial charge in [0.15, 0.2) is 5.82 Å². The summed E-state index contributed by atoms with van der Waals surface area (Å²) in [5.41, 5.74) is 0.855. The number of benzene rings is 1. The molecule has 0 aliphatic rings. The summed E-state index contributed by atoms with van der Waals surface area (Å²) < 4.78 is 5.06. The summed E-state index contributed by atoms with van der Waals surface area (Å²) in [6, 6.07) is 7.34. The summed E-state index contributed by atoms with van der Waals surface area (Å²) in [7, 11) is 1.60. The van der Waals surface area contributed by atoms with E-state index in [0.29, 0.717) is 18.1 Å². The number of aromatic nitrogens is 3. The number of nitrogens with zero attached hydrogens (tertiary/aromatic N) is 2. The molecule has 1 aromatic heterocycles. The Kier molecular flexibility index (Phi) is 3.57. The van der Waals surface area contributed by atoms with E-state index in [2.05, 4.69) is 15.2 Å². The Morgan fingerprint density at radius 2 is 2.11 bits per heavy atom. The first kappa shape index (κ1) is 12.1. The molecule has 2 rings (SSSR count).